The lowest BCUT2D eigenvalue weighted by Crippen LogP contribution is -2.40. The maximum atomic E-state index is 6.41. The lowest BCUT2D eigenvalue weighted by atomic mass is 10.1. The SMILES string of the molecule is CSNC1CCN(c2ccc(Cl)c(-c3nc4ccccc4[nH]3)n2)CC1. The van der Waals surface area contributed by atoms with Gasteiger partial charge in [0.15, 0.2) is 5.82 Å². The van der Waals surface area contributed by atoms with Crippen LogP contribution in [0.15, 0.2) is 36.4 Å². The molecule has 4 rings (SSSR count). The maximum absolute atomic E-state index is 6.41. The Hall–Kier alpha value is -1.76. The van der Waals surface area contributed by atoms with Gasteiger partial charge in [-0.1, -0.05) is 35.7 Å². The molecule has 3 aromatic rings. The van der Waals surface area contributed by atoms with Crippen LogP contribution in [0.4, 0.5) is 5.82 Å². The number of para-hydroxylation sites is 2. The minimum atomic E-state index is 0.577. The Bertz CT molecular complexity index is 840. The van der Waals surface area contributed by atoms with Crippen LogP contribution in [-0.2, 0) is 0 Å². The number of anilines is 1. The van der Waals surface area contributed by atoms with Crippen LogP contribution in [0.25, 0.3) is 22.6 Å². The molecular weight excluding hydrogens is 354 g/mol. The summed E-state index contributed by atoms with van der Waals surface area (Å²) in [6.07, 6.45) is 4.31. The summed E-state index contributed by atoms with van der Waals surface area (Å²) in [5.74, 6) is 1.68. The third-order valence-electron chi connectivity index (χ3n) is 4.55. The van der Waals surface area contributed by atoms with E-state index in [-0.39, 0.29) is 0 Å². The normalized spacial score (nSPS) is 15.8. The van der Waals surface area contributed by atoms with Gasteiger partial charge in [0.25, 0.3) is 0 Å². The number of rotatable bonds is 4. The number of pyridine rings is 1. The first kappa shape index (κ1) is 16.7. The second kappa shape index (κ2) is 7.23. The predicted molar refractivity (Wildman–Crippen MR) is 106 cm³/mol. The highest BCUT2D eigenvalue weighted by molar-refractivity contribution is 7.96. The summed E-state index contributed by atoms with van der Waals surface area (Å²) in [4.78, 5) is 15.1. The Morgan fingerprint density at radius 2 is 1.96 bits per heavy atom. The molecule has 1 aliphatic heterocycles. The maximum Gasteiger partial charge on any atom is 0.158 e. The largest absolute Gasteiger partial charge is 0.356 e. The van der Waals surface area contributed by atoms with Crippen LogP contribution < -0.4 is 9.62 Å². The average Bonchev–Trinajstić information content (AvgIpc) is 3.07. The zero-order valence-corrected chi connectivity index (χ0v) is 15.6. The van der Waals surface area contributed by atoms with Crippen molar-refractivity contribution in [3.05, 3.63) is 41.4 Å². The van der Waals surface area contributed by atoms with Gasteiger partial charge in [0, 0.05) is 19.1 Å². The third kappa shape index (κ3) is 3.47. The number of aromatic amines is 1. The fourth-order valence-electron chi connectivity index (χ4n) is 3.23. The lowest BCUT2D eigenvalue weighted by molar-refractivity contribution is 0.477. The first-order valence-corrected chi connectivity index (χ1v) is 10.00. The van der Waals surface area contributed by atoms with E-state index in [9.17, 15) is 0 Å². The summed E-state index contributed by atoms with van der Waals surface area (Å²) in [6, 6.07) is 12.4. The van der Waals surface area contributed by atoms with E-state index in [0.29, 0.717) is 22.6 Å². The van der Waals surface area contributed by atoms with Gasteiger partial charge in [-0.05, 0) is 43.4 Å². The summed E-state index contributed by atoms with van der Waals surface area (Å²) in [6.45, 7) is 1.98. The number of aromatic nitrogens is 3. The number of piperidine rings is 1. The molecule has 3 heterocycles. The predicted octanol–water partition coefficient (Wildman–Crippen LogP) is 4.11. The molecule has 1 fully saturated rings. The molecule has 0 amide bonds. The zero-order valence-electron chi connectivity index (χ0n) is 14.0. The Morgan fingerprint density at radius 1 is 1.16 bits per heavy atom. The number of benzene rings is 1. The number of hydrogen-bond acceptors (Lipinski definition) is 5. The molecule has 2 aromatic heterocycles. The number of nitrogens with one attached hydrogen (secondary N) is 2. The summed E-state index contributed by atoms with van der Waals surface area (Å²) in [5, 5.41) is 0.613. The number of hydrogen-bond donors (Lipinski definition) is 2. The van der Waals surface area contributed by atoms with Gasteiger partial charge in [0.1, 0.15) is 11.5 Å². The number of imidazole rings is 1. The van der Waals surface area contributed by atoms with Crippen molar-refractivity contribution in [1.82, 2.24) is 19.7 Å². The van der Waals surface area contributed by atoms with E-state index in [0.717, 1.165) is 42.8 Å². The molecule has 0 atom stereocenters. The number of nitrogens with zero attached hydrogens (tertiary/aromatic N) is 3. The molecule has 1 aliphatic rings. The molecule has 0 unspecified atom stereocenters. The van der Waals surface area contributed by atoms with Crippen LogP contribution >= 0.6 is 23.5 Å². The van der Waals surface area contributed by atoms with Crippen molar-refractivity contribution >= 4 is 40.4 Å². The van der Waals surface area contributed by atoms with E-state index in [1.54, 1.807) is 11.9 Å². The van der Waals surface area contributed by atoms with Crippen LogP contribution in [0.5, 0.6) is 0 Å². The minimum absolute atomic E-state index is 0.577. The topological polar surface area (TPSA) is 56.8 Å². The standard InChI is InChI=1S/C18H20ClN5S/c1-25-23-12-8-10-24(11-9-12)16-7-6-13(19)17(22-16)18-20-14-4-2-3-5-15(14)21-18/h2-7,12,23H,8-11H2,1H3,(H,20,21). The third-order valence-corrected chi connectivity index (χ3v) is 5.42. The van der Waals surface area contributed by atoms with E-state index >= 15 is 0 Å². The Labute approximate surface area is 156 Å². The van der Waals surface area contributed by atoms with Crippen LogP contribution in [0.2, 0.25) is 5.02 Å². The lowest BCUT2D eigenvalue weighted by Gasteiger charge is -2.33. The van der Waals surface area contributed by atoms with Crippen LogP contribution in [0.1, 0.15) is 12.8 Å². The highest BCUT2D eigenvalue weighted by Gasteiger charge is 2.21. The highest BCUT2D eigenvalue weighted by Crippen LogP contribution is 2.29. The Morgan fingerprint density at radius 3 is 2.72 bits per heavy atom. The molecular formula is C18H20ClN5S. The fourth-order valence-corrected chi connectivity index (χ4v) is 4.00. The molecule has 7 heteroatoms. The first-order chi connectivity index (χ1) is 12.2. The molecule has 0 aliphatic carbocycles. The quantitative estimate of drug-likeness (QED) is 0.674. The van der Waals surface area contributed by atoms with Crippen molar-refractivity contribution in [3.8, 4) is 11.5 Å². The van der Waals surface area contributed by atoms with Gasteiger partial charge in [-0.3, -0.25) is 4.72 Å². The molecule has 5 nitrogen and oxygen atoms in total. The van der Waals surface area contributed by atoms with Gasteiger partial charge < -0.3 is 9.88 Å². The summed E-state index contributed by atoms with van der Waals surface area (Å²) in [5.41, 5.74) is 2.62. The van der Waals surface area contributed by atoms with E-state index in [2.05, 4.69) is 25.8 Å². The van der Waals surface area contributed by atoms with Crippen molar-refractivity contribution in [3.63, 3.8) is 0 Å². The van der Waals surface area contributed by atoms with Crippen LogP contribution in [-0.4, -0.2) is 40.3 Å². The van der Waals surface area contributed by atoms with E-state index in [1.165, 1.54) is 0 Å². The second-order valence-electron chi connectivity index (χ2n) is 6.19. The fraction of sp³-hybridized carbons (Fsp3) is 0.333. The molecule has 25 heavy (non-hydrogen) atoms. The average molecular weight is 374 g/mol. The molecule has 1 saturated heterocycles. The van der Waals surface area contributed by atoms with Gasteiger partial charge in [0.2, 0.25) is 0 Å². The summed E-state index contributed by atoms with van der Waals surface area (Å²) >= 11 is 8.10. The molecule has 0 spiro atoms. The van der Waals surface area contributed by atoms with Crippen molar-refractivity contribution < 1.29 is 0 Å². The second-order valence-corrected chi connectivity index (χ2v) is 7.24. The van der Waals surface area contributed by atoms with Gasteiger partial charge in [-0.15, -0.1) is 0 Å². The molecule has 0 bridgehead atoms. The van der Waals surface area contributed by atoms with Crippen LogP contribution in [0.3, 0.4) is 0 Å². The highest BCUT2D eigenvalue weighted by atomic mass is 35.5. The molecule has 1 aromatic carbocycles. The van der Waals surface area contributed by atoms with E-state index in [1.807, 2.05) is 36.4 Å². The van der Waals surface area contributed by atoms with Crippen molar-refractivity contribution in [2.24, 2.45) is 0 Å². The van der Waals surface area contributed by atoms with Gasteiger partial charge in [-0.2, -0.15) is 0 Å². The molecule has 0 saturated carbocycles. The zero-order chi connectivity index (χ0) is 17.2. The summed E-state index contributed by atoms with van der Waals surface area (Å²) in [7, 11) is 0. The number of H-pyrrole nitrogens is 1. The van der Waals surface area contributed by atoms with Gasteiger partial charge in [0.05, 0.1) is 16.1 Å². The van der Waals surface area contributed by atoms with Gasteiger partial charge in [-0.25, -0.2) is 9.97 Å². The molecule has 0 radical (unpaired) electrons. The Balaban J connectivity index is 1.61. The smallest absolute Gasteiger partial charge is 0.158 e. The van der Waals surface area contributed by atoms with Crippen LogP contribution in [0, 0.1) is 0 Å². The van der Waals surface area contributed by atoms with E-state index in [4.69, 9.17) is 16.6 Å². The van der Waals surface area contributed by atoms with Crippen molar-refractivity contribution in [1.29, 1.82) is 0 Å². The van der Waals surface area contributed by atoms with E-state index < -0.39 is 0 Å². The van der Waals surface area contributed by atoms with Crippen molar-refractivity contribution in [2.45, 2.75) is 18.9 Å². The Kier molecular flexibility index (Phi) is 4.83. The number of fused-ring (bicyclic) bond motifs is 1. The first-order valence-electron chi connectivity index (χ1n) is 8.40. The minimum Gasteiger partial charge on any atom is -0.356 e. The molecule has 2 N–H and O–H groups in total. The monoisotopic (exact) mass is 373 g/mol. The van der Waals surface area contributed by atoms with Crippen molar-refractivity contribution in [2.75, 3.05) is 24.2 Å². The number of halogens is 1. The van der Waals surface area contributed by atoms with Gasteiger partial charge >= 0.3 is 0 Å². The summed E-state index contributed by atoms with van der Waals surface area (Å²) < 4.78 is 3.45. The molecule has 130 valence electrons.